The van der Waals surface area contributed by atoms with Crippen LogP contribution in [0.25, 0.3) is 0 Å². The SMILES string of the molecule is CCCCCCC(C)(CCCCC)C(COC)COC. The van der Waals surface area contributed by atoms with E-state index in [1.165, 1.54) is 57.8 Å². The lowest BCUT2D eigenvalue weighted by atomic mass is 9.70. The summed E-state index contributed by atoms with van der Waals surface area (Å²) in [5.41, 5.74) is 0.370. The van der Waals surface area contributed by atoms with Gasteiger partial charge in [-0.2, -0.15) is 0 Å². The van der Waals surface area contributed by atoms with E-state index < -0.39 is 0 Å². The van der Waals surface area contributed by atoms with Crippen molar-refractivity contribution < 1.29 is 9.47 Å². The van der Waals surface area contributed by atoms with Crippen LogP contribution in [-0.2, 0) is 9.47 Å². The van der Waals surface area contributed by atoms with Crippen molar-refractivity contribution in [1.82, 2.24) is 0 Å². The maximum absolute atomic E-state index is 5.46. The van der Waals surface area contributed by atoms with Crippen LogP contribution in [0, 0.1) is 11.3 Å². The Morgan fingerprint density at radius 2 is 1.20 bits per heavy atom. The van der Waals surface area contributed by atoms with Crippen LogP contribution in [-0.4, -0.2) is 27.4 Å². The number of hydrogen-bond acceptors (Lipinski definition) is 2. The number of rotatable bonds is 14. The minimum Gasteiger partial charge on any atom is -0.384 e. The molecule has 0 aromatic heterocycles. The smallest absolute Gasteiger partial charge is 0.0517 e. The number of unbranched alkanes of at least 4 members (excludes halogenated alkanes) is 5. The minimum atomic E-state index is 0.370. The third kappa shape index (κ3) is 8.26. The van der Waals surface area contributed by atoms with Gasteiger partial charge in [0, 0.05) is 20.1 Å². The summed E-state index contributed by atoms with van der Waals surface area (Å²) in [5.74, 6) is 0.524. The molecular weight excluding hydrogens is 248 g/mol. The van der Waals surface area contributed by atoms with Crippen molar-refractivity contribution in [2.45, 2.75) is 78.6 Å². The monoisotopic (exact) mass is 286 g/mol. The van der Waals surface area contributed by atoms with Crippen molar-refractivity contribution in [2.75, 3.05) is 27.4 Å². The molecular formula is C18H38O2. The summed E-state index contributed by atoms with van der Waals surface area (Å²) in [7, 11) is 3.62. The molecule has 2 heteroatoms. The molecule has 0 bridgehead atoms. The predicted molar refractivity (Wildman–Crippen MR) is 88.3 cm³/mol. The average Bonchev–Trinajstić information content (AvgIpc) is 2.44. The van der Waals surface area contributed by atoms with Crippen LogP contribution in [0.4, 0.5) is 0 Å². The predicted octanol–water partition coefficient (Wildman–Crippen LogP) is 5.45. The first-order valence-electron chi connectivity index (χ1n) is 8.62. The molecule has 0 heterocycles. The molecule has 122 valence electrons. The van der Waals surface area contributed by atoms with E-state index in [1.807, 2.05) is 14.2 Å². The van der Waals surface area contributed by atoms with Gasteiger partial charge in [-0.25, -0.2) is 0 Å². The van der Waals surface area contributed by atoms with E-state index >= 15 is 0 Å². The van der Waals surface area contributed by atoms with Crippen LogP contribution in [0.15, 0.2) is 0 Å². The Morgan fingerprint density at radius 3 is 1.65 bits per heavy atom. The largest absolute Gasteiger partial charge is 0.384 e. The summed E-state index contributed by atoms with van der Waals surface area (Å²) in [5, 5.41) is 0. The third-order valence-corrected chi connectivity index (χ3v) is 4.67. The Morgan fingerprint density at radius 1 is 0.750 bits per heavy atom. The highest BCUT2D eigenvalue weighted by Gasteiger charge is 2.33. The molecule has 0 rings (SSSR count). The first-order chi connectivity index (χ1) is 9.64. The lowest BCUT2D eigenvalue weighted by Gasteiger charge is -2.38. The molecule has 0 spiro atoms. The fourth-order valence-corrected chi connectivity index (χ4v) is 3.12. The molecule has 1 atom stereocenters. The summed E-state index contributed by atoms with van der Waals surface area (Å²) in [6.45, 7) is 8.66. The van der Waals surface area contributed by atoms with E-state index in [1.54, 1.807) is 0 Å². The molecule has 0 amide bonds. The first-order valence-corrected chi connectivity index (χ1v) is 8.62. The Balaban J connectivity index is 4.52. The molecule has 0 aliphatic carbocycles. The summed E-state index contributed by atoms with van der Waals surface area (Å²) in [6.07, 6.45) is 12.0. The normalized spacial score (nSPS) is 14.7. The van der Waals surface area contributed by atoms with Crippen molar-refractivity contribution >= 4 is 0 Å². The molecule has 1 unspecified atom stereocenters. The van der Waals surface area contributed by atoms with Gasteiger partial charge in [-0.15, -0.1) is 0 Å². The highest BCUT2D eigenvalue weighted by molar-refractivity contribution is 4.82. The quantitative estimate of drug-likeness (QED) is 0.395. The molecule has 20 heavy (non-hydrogen) atoms. The standard InChI is InChI=1S/C18H38O2/c1-6-8-10-12-14-18(3,13-11-9-7-2)17(15-19-4)16-20-5/h17H,6-16H2,1-5H3. The van der Waals surface area contributed by atoms with Gasteiger partial charge >= 0.3 is 0 Å². The van der Waals surface area contributed by atoms with Crippen LogP contribution in [0.3, 0.4) is 0 Å². The number of methoxy groups -OCH3 is 2. The summed E-state index contributed by atoms with van der Waals surface area (Å²) in [6, 6.07) is 0. The van der Waals surface area contributed by atoms with Crippen LogP contribution in [0.1, 0.15) is 78.6 Å². The zero-order valence-corrected chi connectivity index (χ0v) is 14.7. The topological polar surface area (TPSA) is 18.5 Å². The Hall–Kier alpha value is -0.0800. The zero-order chi connectivity index (χ0) is 15.3. The molecule has 0 radical (unpaired) electrons. The van der Waals surface area contributed by atoms with Crippen LogP contribution >= 0.6 is 0 Å². The molecule has 0 saturated carbocycles. The lowest BCUT2D eigenvalue weighted by Crippen LogP contribution is -2.34. The van der Waals surface area contributed by atoms with Crippen molar-refractivity contribution in [3.63, 3.8) is 0 Å². The molecule has 0 aliphatic heterocycles. The van der Waals surface area contributed by atoms with Crippen LogP contribution < -0.4 is 0 Å². The number of hydrogen-bond donors (Lipinski definition) is 0. The molecule has 0 saturated heterocycles. The molecule has 0 aromatic carbocycles. The van der Waals surface area contributed by atoms with E-state index in [9.17, 15) is 0 Å². The second-order valence-electron chi connectivity index (χ2n) is 6.53. The fraction of sp³-hybridized carbons (Fsp3) is 1.00. The van der Waals surface area contributed by atoms with Crippen LogP contribution in [0.5, 0.6) is 0 Å². The first kappa shape index (κ1) is 19.9. The van der Waals surface area contributed by atoms with E-state index in [4.69, 9.17) is 9.47 Å². The van der Waals surface area contributed by atoms with E-state index in [0.717, 1.165) is 13.2 Å². The highest BCUT2D eigenvalue weighted by atomic mass is 16.5. The van der Waals surface area contributed by atoms with Crippen molar-refractivity contribution in [3.05, 3.63) is 0 Å². The van der Waals surface area contributed by atoms with E-state index in [0.29, 0.717) is 11.3 Å². The van der Waals surface area contributed by atoms with Gasteiger partial charge in [-0.1, -0.05) is 65.7 Å². The van der Waals surface area contributed by atoms with Gasteiger partial charge < -0.3 is 9.47 Å². The molecule has 0 aromatic rings. The van der Waals surface area contributed by atoms with Crippen molar-refractivity contribution in [3.8, 4) is 0 Å². The van der Waals surface area contributed by atoms with Gasteiger partial charge in [-0.3, -0.25) is 0 Å². The Bertz CT molecular complexity index is 200. The van der Waals surface area contributed by atoms with E-state index in [-0.39, 0.29) is 0 Å². The van der Waals surface area contributed by atoms with Gasteiger partial charge in [0.15, 0.2) is 0 Å². The van der Waals surface area contributed by atoms with Crippen LogP contribution in [0.2, 0.25) is 0 Å². The molecule has 0 aliphatic rings. The Kier molecular flexibility index (Phi) is 12.6. The minimum absolute atomic E-state index is 0.370. The number of ether oxygens (including phenoxy) is 2. The van der Waals surface area contributed by atoms with E-state index in [2.05, 4.69) is 20.8 Å². The second-order valence-corrected chi connectivity index (χ2v) is 6.53. The lowest BCUT2D eigenvalue weighted by molar-refractivity contribution is 0.00203. The summed E-state index contributed by atoms with van der Waals surface area (Å²) < 4.78 is 10.9. The average molecular weight is 286 g/mol. The molecule has 0 N–H and O–H groups in total. The van der Waals surface area contributed by atoms with Gasteiger partial charge in [0.05, 0.1) is 13.2 Å². The maximum Gasteiger partial charge on any atom is 0.0517 e. The van der Waals surface area contributed by atoms with Crippen molar-refractivity contribution in [2.24, 2.45) is 11.3 Å². The summed E-state index contributed by atoms with van der Waals surface area (Å²) in [4.78, 5) is 0. The van der Waals surface area contributed by atoms with Gasteiger partial charge in [-0.05, 0) is 18.3 Å². The molecule has 2 nitrogen and oxygen atoms in total. The Labute approximate surface area is 127 Å². The zero-order valence-electron chi connectivity index (χ0n) is 14.7. The molecule has 0 fully saturated rings. The maximum atomic E-state index is 5.46. The highest BCUT2D eigenvalue weighted by Crippen LogP contribution is 2.39. The van der Waals surface area contributed by atoms with Gasteiger partial charge in [0.1, 0.15) is 0 Å². The van der Waals surface area contributed by atoms with Gasteiger partial charge in [0.25, 0.3) is 0 Å². The third-order valence-electron chi connectivity index (χ3n) is 4.67. The summed E-state index contributed by atoms with van der Waals surface area (Å²) >= 11 is 0. The second kappa shape index (κ2) is 12.6. The van der Waals surface area contributed by atoms with Gasteiger partial charge in [0.2, 0.25) is 0 Å². The fourth-order valence-electron chi connectivity index (χ4n) is 3.12. The van der Waals surface area contributed by atoms with Crippen molar-refractivity contribution in [1.29, 1.82) is 0 Å².